The standard InChI is InChI=1S/C20H20ClNO2.C12H15NO.C8H7ClO2/c21-17-8-4-7-16-18(23)13-20(24-19(16)17)9-11-22(12-10-20)14-15-5-2-1-3-6-15;14-12-6-8-13(9-7-12)10-11-4-2-1-3-5-11;1-5(10)6-3-2-4-7(9)8(6)11/h1-8H,9-14H2;1-5H,6-10H2;2-4,11H,1H3. The maximum atomic E-state index is 12.5. The number of phenols is 1. The molecule has 1 spiro atoms. The molecule has 3 aliphatic heterocycles. The van der Waals surface area contributed by atoms with Gasteiger partial charge in [-0.1, -0.05) is 96.0 Å². The van der Waals surface area contributed by atoms with E-state index in [2.05, 4.69) is 58.3 Å². The number of carbonyl (C=O) groups is 3. The number of likely N-dealkylation sites (tertiary alicyclic amines) is 2. The van der Waals surface area contributed by atoms with E-state index in [1.807, 2.05) is 18.2 Å². The van der Waals surface area contributed by atoms with Crippen molar-refractivity contribution in [1.82, 2.24) is 9.80 Å². The highest BCUT2D eigenvalue weighted by molar-refractivity contribution is 6.33. The number of rotatable bonds is 5. The van der Waals surface area contributed by atoms with Gasteiger partial charge in [0.15, 0.2) is 11.6 Å². The van der Waals surface area contributed by atoms with Crippen LogP contribution in [0.4, 0.5) is 0 Å². The van der Waals surface area contributed by atoms with E-state index in [0.29, 0.717) is 28.5 Å². The van der Waals surface area contributed by atoms with Gasteiger partial charge in [0.2, 0.25) is 0 Å². The van der Waals surface area contributed by atoms with Gasteiger partial charge in [-0.25, -0.2) is 0 Å². The molecular formula is C40H42Cl2N2O5. The maximum absolute atomic E-state index is 12.5. The van der Waals surface area contributed by atoms with Gasteiger partial charge in [-0.15, -0.1) is 0 Å². The predicted molar refractivity (Wildman–Crippen MR) is 194 cm³/mol. The molecule has 0 aliphatic carbocycles. The third-order valence-electron chi connectivity index (χ3n) is 9.11. The molecule has 7 nitrogen and oxygen atoms in total. The van der Waals surface area contributed by atoms with Crippen LogP contribution in [0.5, 0.6) is 11.5 Å². The molecule has 0 radical (unpaired) electrons. The van der Waals surface area contributed by atoms with Gasteiger partial charge >= 0.3 is 0 Å². The minimum Gasteiger partial charge on any atom is -0.506 e. The lowest BCUT2D eigenvalue weighted by Gasteiger charge is -2.44. The highest BCUT2D eigenvalue weighted by atomic mass is 35.5. The van der Waals surface area contributed by atoms with E-state index < -0.39 is 0 Å². The number of hydrogen-bond acceptors (Lipinski definition) is 7. The molecule has 7 rings (SSSR count). The van der Waals surface area contributed by atoms with Crippen LogP contribution in [0.3, 0.4) is 0 Å². The number of aromatic hydroxyl groups is 1. The first kappa shape index (κ1) is 36.3. The van der Waals surface area contributed by atoms with Gasteiger partial charge < -0.3 is 9.84 Å². The Labute approximate surface area is 298 Å². The van der Waals surface area contributed by atoms with Gasteiger partial charge in [-0.05, 0) is 42.3 Å². The molecule has 256 valence electrons. The van der Waals surface area contributed by atoms with E-state index in [1.165, 1.54) is 30.2 Å². The zero-order chi connectivity index (χ0) is 34.8. The molecule has 3 aliphatic rings. The molecule has 4 aromatic rings. The van der Waals surface area contributed by atoms with E-state index in [0.717, 1.165) is 65.0 Å². The first-order chi connectivity index (χ1) is 23.6. The molecule has 0 bridgehead atoms. The van der Waals surface area contributed by atoms with Crippen molar-refractivity contribution in [3.8, 4) is 11.5 Å². The minimum absolute atomic E-state index is 0.137. The minimum atomic E-state index is -0.387. The number of phenolic OH excluding ortho intramolecular Hbond substituents is 1. The van der Waals surface area contributed by atoms with E-state index in [9.17, 15) is 19.5 Å². The number of ketones is 3. The molecule has 1 N–H and O–H groups in total. The summed E-state index contributed by atoms with van der Waals surface area (Å²) in [6.45, 7) is 7.02. The summed E-state index contributed by atoms with van der Waals surface area (Å²) in [4.78, 5) is 39.1. The lowest BCUT2D eigenvalue weighted by molar-refractivity contribution is -0.121. The largest absolute Gasteiger partial charge is 0.506 e. The molecule has 0 aromatic heterocycles. The number of hydrogen-bond donors (Lipinski definition) is 1. The Bertz CT molecular complexity index is 1730. The summed E-state index contributed by atoms with van der Waals surface area (Å²) in [5.74, 6) is 0.808. The summed E-state index contributed by atoms with van der Waals surface area (Å²) in [5.41, 5.74) is 3.16. The molecule has 49 heavy (non-hydrogen) atoms. The van der Waals surface area contributed by atoms with Crippen molar-refractivity contribution in [2.75, 3.05) is 26.2 Å². The summed E-state index contributed by atoms with van der Waals surface area (Å²) >= 11 is 11.8. The molecule has 4 aromatic carbocycles. The topological polar surface area (TPSA) is 87.1 Å². The van der Waals surface area contributed by atoms with Gasteiger partial charge in [0.25, 0.3) is 0 Å². The van der Waals surface area contributed by atoms with E-state index in [1.54, 1.807) is 18.2 Å². The second-order valence-corrected chi connectivity index (χ2v) is 13.6. The van der Waals surface area contributed by atoms with Crippen LogP contribution in [0.15, 0.2) is 97.1 Å². The highest BCUT2D eigenvalue weighted by Gasteiger charge is 2.43. The Balaban J connectivity index is 0.000000159. The van der Waals surface area contributed by atoms with E-state index >= 15 is 0 Å². The highest BCUT2D eigenvalue weighted by Crippen LogP contribution is 2.42. The number of ether oxygens (including phenoxy) is 1. The monoisotopic (exact) mass is 700 g/mol. The van der Waals surface area contributed by atoms with Crippen molar-refractivity contribution in [3.63, 3.8) is 0 Å². The number of Topliss-reactive ketones (excluding diaryl/α,β-unsaturated/α-hetero) is 3. The van der Waals surface area contributed by atoms with Crippen molar-refractivity contribution in [1.29, 1.82) is 0 Å². The van der Waals surface area contributed by atoms with Crippen molar-refractivity contribution in [2.45, 2.75) is 57.7 Å². The van der Waals surface area contributed by atoms with Gasteiger partial charge in [0, 0.05) is 65.0 Å². The van der Waals surface area contributed by atoms with E-state index in [-0.39, 0.29) is 33.5 Å². The number of benzene rings is 4. The number of fused-ring (bicyclic) bond motifs is 1. The average molecular weight is 702 g/mol. The summed E-state index contributed by atoms with van der Waals surface area (Å²) in [6, 6.07) is 31.0. The molecule has 0 atom stereocenters. The van der Waals surface area contributed by atoms with Crippen LogP contribution in [0.1, 0.15) is 70.9 Å². The molecule has 2 fully saturated rings. The Morgan fingerprint density at radius 1 is 0.735 bits per heavy atom. The summed E-state index contributed by atoms with van der Waals surface area (Å²) in [7, 11) is 0. The van der Waals surface area contributed by atoms with Gasteiger partial charge in [0.1, 0.15) is 22.9 Å². The predicted octanol–water partition coefficient (Wildman–Crippen LogP) is 8.44. The van der Waals surface area contributed by atoms with Gasteiger partial charge in [0.05, 0.1) is 27.6 Å². The van der Waals surface area contributed by atoms with Crippen LogP contribution in [-0.4, -0.2) is 64.0 Å². The van der Waals surface area contributed by atoms with Crippen molar-refractivity contribution in [2.24, 2.45) is 0 Å². The second-order valence-electron chi connectivity index (χ2n) is 12.8. The Kier molecular flexibility index (Phi) is 12.6. The summed E-state index contributed by atoms with van der Waals surface area (Å²) < 4.78 is 6.28. The van der Waals surface area contributed by atoms with Crippen molar-refractivity contribution in [3.05, 3.63) is 129 Å². The zero-order valence-corrected chi connectivity index (χ0v) is 29.3. The number of para-hydroxylation sites is 2. The third kappa shape index (κ3) is 10.0. The molecular weight excluding hydrogens is 659 g/mol. The van der Waals surface area contributed by atoms with Crippen molar-refractivity contribution < 1.29 is 24.2 Å². The zero-order valence-electron chi connectivity index (χ0n) is 27.7. The fourth-order valence-corrected chi connectivity index (χ4v) is 6.70. The number of halogens is 2. The van der Waals surface area contributed by atoms with Crippen LogP contribution < -0.4 is 4.74 Å². The van der Waals surface area contributed by atoms with E-state index in [4.69, 9.17) is 27.9 Å². The SMILES string of the molecule is CC(=O)c1cccc(Cl)c1O.O=C1CC2(CCN(Cc3ccccc3)CC2)Oc2c(Cl)cccc21.O=C1CCN(Cc2ccccc2)CC1. The van der Waals surface area contributed by atoms with Crippen LogP contribution >= 0.6 is 23.2 Å². The molecule has 2 saturated heterocycles. The fourth-order valence-electron chi connectivity index (χ4n) is 6.31. The Morgan fingerprint density at radius 2 is 1.27 bits per heavy atom. The lowest BCUT2D eigenvalue weighted by Crippen LogP contribution is -2.50. The lowest BCUT2D eigenvalue weighted by atomic mass is 9.82. The Morgan fingerprint density at radius 3 is 1.82 bits per heavy atom. The van der Waals surface area contributed by atoms with Crippen LogP contribution in [0.25, 0.3) is 0 Å². The summed E-state index contributed by atoms with van der Waals surface area (Å²) in [6.07, 6.45) is 3.63. The molecule has 0 saturated carbocycles. The van der Waals surface area contributed by atoms with Crippen LogP contribution in [0.2, 0.25) is 10.0 Å². The Hall–Kier alpha value is -4.01. The molecule has 0 unspecified atom stereocenters. The molecule has 3 heterocycles. The first-order valence-corrected chi connectivity index (χ1v) is 17.4. The summed E-state index contributed by atoms with van der Waals surface area (Å²) in [5, 5.41) is 9.96. The fraction of sp³-hybridized carbons (Fsp3) is 0.325. The smallest absolute Gasteiger partial charge is 0.170 e. The van der Waals surface area contributed by atoms with Gasteiger partial charge in [-0.2, -0.15) is 0 Å². The average Bonchev–Trinajstić information content (AvgIpc) is 3.10. The number of piperidine rings is 2. The van der Waals surface area contributed by atoms with Crippen LogP contribution in [0, 0.1) is 0 Å². The molecule has 0 amide bonds. The van der Waals surface area contributed by atoms with Crippen molar-refractivity contribution >= 4 is 40.6 Å². The first-order valence-electron chi connectivity index (χ1n) is 16.7. The number of nitrogens with zero attached hydrogens (tertiary/aromatic N) is 2. The van der Waals surface area contributed by atoms with Crippen LogP contribution in [-0.2, 0) is 17.9 Å². The number of carbonyl (C=O) groups excluding carboxylic acids is 3. The quantitative estimate of drug-likeness (QED) is 0.209. The third-order valence-corrected chi connectivity index (χ3v) is 9.72. The second kappa shape index (κ2) is 17.1. The molecule has 9 heteroatoms. The maximum Gasteiger partial charge on any atom is 0.170 e. The normalized spacial score (nSPS) is 17.1. The van der Waals surface area contributed by atoms with Gasteiger partial charge in [-0.3, -0.25) is 24.2 Å².